The number of aromatic nitrogens is 1. The lowest BCUT2D eigenvalue weighted by Crippen LogP contribution is -2.50. The molecule has 5 nitrogen and oxygen atoms in total. The van der Waals surface area contributed by atoms with Gasteiger partial charge in [-0.25, -0.2) is 8.78 Å². The molecule has 3 rings (SSSR count). The normalized spacial score (nSPS) is 16.6. The molecule has 8 heteroatoms. The Morgan fingerprint density at radius 3 is 2.43 bits per heavy atom. The summed E-state index contributed by atoms with van der Waals surface area (Å²) in [5.41, 5.74) is -0.582. The predicted molar refractivity (Wildman–Crippen MR) is 107 cm³/mol. The predicted octanol–water partition coefficient (Wildman–Crippen LogP) is 3.60. The van der Waals surface area contributed by atoms with E-state index in [0.717, 1.165) is 25.0 Å². The molecule has 1 aliphatic rings. The van der Waals surface area contributed by atoms with Gasteiger partial charge in [-0.3, -0.25) is 9.59 Å². The fraction of sp³-hybridized carbons (Fsp3) is 0.500. The molecule has 0 aliphatic heterocycles. The van der Waals surface area contributed by atoms with Crippen molar-refractivity contribution in [2.45, 2.75) is 44.4 Å². The number of halogens is 2. The van der Waals surface area contributed by atoms with Crippen molar-refractivity contribution in [2.75, 3.05) is 12.8 Å². The van der Waals surface area contributed by atoms with Gasteiger partial charge in [0.2, 0.25) is 5.91 Å². The minimum atomic E-state index is -0.619. The minimum Gasteiger partial charge on any atom is -0.348 e. The Morgan fingerprint density at radius 1 is 1.25 bits per heavy atom. The molecule has 152 valence electrons. The van der Waals surface area contributed by atoms with E-state index >= 15 is 0 Å². The molecule has 1 heterocycles. The van der Waals surface area contributed by atoms with Gasteiger partial charge in [0.15, 0.2) is 0 Å². The van der Waals surface area contributed by atoms with E-state index in [1.165, 1.54) is 17.8 Å². The number of carbonyl (C=O) groups excluding carboxylic acids is 2. The number of hydrogen-bond acceptors (Lipinski definition) is 3. The first-order chi connectivity index (χ1) is 13.1. The smallest absolute Gasteiger partial charge is 0.267 e. The van der Waals surface area contributed by atoms with E-state index < -0.39 is 23.1 Å². The second-order valence-corrected chi connectivity index (χ2v) is 9.38. The van der Waals surface area contributed by atoms with Crippen molar-refractivity contribution in [3.63, 3.8) is 0 Å². The van der Waals surface area contributed by atoms with E-state index in [1.807, 2.05) is 27.0 Å². The monoisotopic (exact) mass is 409 g/mol. The SMILES string of the molecule is CSC(C(=O)NC1(CNC(=O)c2cc3c(F)ccc(F)c3[nH]2)CC1)C(C)(C)C. The number of carbonyl (C=O) groups is 2. The van der Waals surface area contributed by atoms with Crippen LogP contribution in [0.15, 0.2) is 18.2 Å². The zero-order valence-electron chi connectivity index (χ0n) is 16.4. The maximum atomic E-state index is 13.8. The highest BCUT2D eigenvalue weighted by Crippen LogP contribution is 2.37. The highest BCUT2D eigenvalue weighted by atomic mass is 32.2. The molecule has 2 amide bonds. The van der Waals surface area contributed by atoms with Crippen LogP contribution in [-0.4, -0.2) is 40.4 Å². The van der Waals surface area contributed by atoms with Crippen LogP contribution in [0.5, 0.6) is 0 Å². The summed E-state index contributed by atoms with van der Waals surface area (Å²) in [5, 5.41) is 5.68. The van der Waals surface area contributed by atoms with Crippen LogP contribution in [0.1, 0.15) is 44.1 Å². The van der Waals surface area contributed by atoms with Gasteiger partial charge in [-0.15, -0.1) is 0 Å². The van der Waals surface area contributed by atoms with Crippen LogP contribution >= 0.6 is 11.8 Å². The van der Waals surface area contributed by atoms with Gasteiger partial charge in [-0.2, -0.15) is 11.8 Å². The lowest BCUT2D eigenvalue weighted by Gasteiger charge is -2.30. The Balaban J connectivity index is 1.65. The summed E-state index contributed by atoms with van der Waals surface area (Å²) in [6, 6.07) is 3.34. The molecule has 1 aromatic heterocycles. The molecule has 1 fully saturated rings. The van der Waals surface area contributed by atoms with Crippen molar-refractivity contribution in [2.24, 2.45) is 5.41 Å². The Labute approximate surface area is 167 Å². The number of fused-ring (bicyclic) bond motifs is 1. The molecule has 0 radical (unpaired) electrons. The third-order valence-electron chi connectivity index (χ3n) is 5.02. The second kappa shape index (κ2) is 7.39. The molecule has 1 saturated carbocycles. The van der Waals surface area contributed by atoms with Gasteiger partial charge in [0, 0.05) is 11.9 Å². The highest BCUT2D eigenvalue weighted by Gasteiger charge is 2.46. The third-order valence-corrected chi connectivity index (χ3v) is 6.42. The minimum absolute atomic E-state index is 0.0347. The molecule has 1 aliphatic carbocycles. The van der Waals surface area contributed by atoms with Gasteiger partial charge in [0.1, 0.15) is 17.3 Å². The van der Waals surface area contributed by atoms with E-state index in [4.69, 9.17) is 0 Å². The molecule has 1 unspecified atom stereocenters. The maximum absolute atomic E-state index is 13.8. The average Bonchev–Trinajstić information content (AvgIpc) is 3.20. The van der Waals surface area contributed by atoms with Crippen molar-refractivity contribution < 1.29 is 18.4 Å². The number of nitrogens with one attached hydrogen (secondary N) is 3. The Hall–Kier alpha value is -2.09. The quantitative estimate of drug-likeness (QED) is 0.683. The molecule has 1 aromatic carbocycles. The van der Waals surface area contributed by atoms with Crippen LogP contribution in [0.2, 0.25) is 0 Å². The van der Waals surface area contributed by atoms with E-state index in [9.17, 15) is 18.4 Å². The highest BCUT2D eigenvalue weighted by molar-refractivity contribution is 8.00. The lowest BCUT2D eigenvalue weighted by atomic mass is 9.91. The van der Waals surface area contributed by atoms with E-state index in [2.05, 4.69) is 15.6 Å². The number of aromatic amines is 1. The number of thioether (sulfide) groups is 1. The van der Waals surface area contributed by atoms with Crippen molar-refractivity contribution in [3.8, 4) is 0 Å². The molecular weight excluding hydrogens is 384 g/mol. The molecular formula is C20H25F2N3O2S. The van der Waals surface area contributed by atoms with Crippen molar-refractivity contribution in [3.05, 3.63) is 35.5 Å². The van der Waals surface area contributed by atoms with Crippen LogP contribution in [0.4, 0.5) is 8.78 Å². The summed E-state index contributed by atoms with van der Waals surface area (Å²) in [6.45, 7) is 6.32. The van der Waals surface area contributed by atoms with Gasteiger partial charge in [-0.05, 0) is 42.7 Å². The summed E-state index contributed by atoms with van der Waals surface area (Å²) in [7, 11) is 0. The summed E-state index contributed by atoms with van der Waals surface area (Å²) in [4.78, 5) is 27.7. The fourth-order valence-electron chi connectivity index (χ4n) is 3.30. The third kappa shape index (κ3) is 4.16. The molecule has 0 bridgehead atoms. The lowest BCUT2D eigenvalue weighted by molar-refractivity contribution is -0.123. The number of rotatable bonds is 6. The number of benzene rings is 1. The first-order valence-corrected chi connectivity index (χ1v) is 10.4. The van der Waals surface area contributed by atoms with Crippen molar-refractivity contribution in [1.29, 1.82) is 0 Å². The Morgan fingerprint density at radius 2 is 1.89 bits per heavy atom. The van der Waals surface area contributed by atoms with E-state index in [0.29, 0.717) is 0 Å². The largest absolute Gasteiger partial charge is 0.348 e. The standard InChI is InChI=1S/C20H25F2N3O2S/c1-19(2,3)16(28-4)18(27)25-20(7-8-20)10-23-17(26)14-9-11-12(21)5-6-13(22)15(11)24-14/h5-6,9,16,24H,7-8,10H2,1-4H3,(H,23,26)(H,25,27). The summed E-state index contributed by atoms with van der Waals surface area (Å²) in [5.74, 6) is -1.72. The molecule has 0 saturated heterocycles. The van der Waals surface area contributed by atoms with E-state index in [-0.39, 0.29) is 39.7 Å². The number of hydrogen-bond donors (Lipinski definition) is 3. The van der Waals surface area contributed by atoms with Gasteiger partial charge in [-0.1, -0.05) is 20.8 Å². The molecule has 0 spiro atoms. The van der Waals surface area contributed by atoms with Crippen molar-refractivity contribution in [1.82, 2.24) is 15.6 Å². The fourth-order valence-corrected chi connectivity index (χ4v) is 4.28. The van der Waals surface area contributed by atoms with Gasteiger partial charge in [0.05, 0.1) is 16.3 Å². The zero-order chi connectivity index (χ0) is 20.7. The van der Waals surface area contributed by atoms with Gasteiger partial charge < -0.3 is 15.6 Å². The van der Waals surface area contributed by atoms with Crippen molar-refractivity contribution >= 4 is 34.5 Å². The molecule has 3 N–H and O–H groups in total. The van der Waals surface area contributed by atoms with Gasteiger partial charge >= 0.3 is 0 Å². The van der Waals surface area contributed by atoms with Gasteiger partial charge in [0.25, 0.3) is 5.91 Å². The first-order valence-electron chi connectivity index (χ1n) is 9.16. The summed E-state index contributed by atoms with van der Waals surface area (Å²) in [6.07, 6.45) is 3.46. The van der Waals surface area contributed by atoms with E-state index in [1.54, 1.807) is 0 Å². The Kier molecular flexibility index (Phi) is 5.44. The molecule has 28 heavy (non-hydrogen) atoms. The first kappa shape index (κ1) is 20.6. The number of H-pyrrole nitrogens is 1. The molecule has 2 aromatic rings. The topological polar surface area (TPSA) is 74.0 Å². The van der Waals surface area contributed by atoms with Crippen LogP contribution in [0.3, 0.4) is 0 Å². The zero-order valence-corrected chi connectivity index (χ0v) is 17.2. The average molecular weight is 410 g/mol. The van der Waals surface area contributed by atoms with Crippen LogP contribution in [0, 0.1) is 17.0 Å². The maximum Gasteiger partial charge on any atom is 0.267 e. The van der Waals surface area contributed by atoms with Crippen LogP contribution in [-0.2, 0) is 4.79 Å². The molecule has 1 atom stereocenters. The summed E-state index contributed by atoms with van der Waals surface area (Å²) >= 11 is 1.50. The second-order valence-electron chi connectivity index (χ2n) is 8.43. The Bertz CT molecular complexity index is 877. The van der Waals surface area contributed by atoms with Crippen LogP contribution in [0.25, 0.3) is 10.9 Å². The van der Waals surface area contributed by atoms with Crippen LogP contribution < -0.4 is 10.6 Å². The summed E-state index contributed by atoms with van der Waals surface area (Å²) < 4.78 is 27.6. The number of amides is 2.